The molecule has 35 heavy (non-hydrogen) atoms. The van der Waals surface area contributed by atoms with E-state index in [9.17, 15) is 26.3 Å². The van der Waals surface area contributed by atoms with Crippen molar-refractivity contribution in [2.75, 3.05) is 31.5 Å². The van der Waals surface area contributed by atoms with Crippen LogP contribution in [0.15, 0.2) is 40.5 Å². The van der Waals surface area contributed by atoms with E-state index in [0.717, 1.165) is 4.90 Å². The molecule has 192 valence electrons. The Hall–Kier alpha value is -2.31. The Bertz CT molecular complexity index is 1110. The number of halogens is 6. The summed E-state index contributed by atoms with van der Waals surface area (Å²) in [5.74, 6) is 0.678. The predicted molar refractivity (Wildman–Crippen MR) is 121 cm³/mol. The lowest BCUT2D eigenvalue weighted by atomic mass is 10.3. The molecule has 7 nitrogen and oxygen atoms in total. The van der Waals surface area contributed by atoms with Crippen LogP contribution in [0.5, 0.6) is 5.75 Å². The molecule has 3 aromatic rings. The minimum atomic E-state index is -4.70. The Morgan fingerprint density at radius 1 is 1.06 bits per heavy atom. The number of methoxy groups -OCH3 is 1. The molecule has 0 spiro atoms. The maximum atomic E-state index is 12.7. The van der Waals surface area contributed by atoms with E-state index in [1.54, 1.807) is 30.7 Å². The highest BCUT2D eigenvalue weighted by Gasteiger charge is 2.38. The minimum absolute atomic E-state index is 0.0114. The summed E-state index contributed by atoms with van der Waals surface area (Å²) in [5, 5.41) is 0.490. The number of imidazole rings is 1. The van der Waals surface area contributed by atoms with Crippen LogP contribution in [0.2, 0.25) is 0 Å². The van der Waals surface area contributed by atoms with Gasteiger partial charge in [0.05, 0.1) is 44.8 Å². The Balaban J connectivity index is 1.71. The van der Waals surface area contributed by atoms with Crippen LogP contribution in [0.25, 0.3) is 11.2 Å². The normalized spacial score (nSPS) is 13.5. The van der Waals surface area contributed by atoms with Crippen LogP contribution in [0.1, 0.15) is 6.92 Å². The second-order valence-corrected chi connectivity index (χ2v) is 10.9. The lowest BCUT2D eigenvalue weighted by Gasteiger charge is -2.23. The molecule has 0 amide bonds. The third-order valence-corrected chi connectivity index (χ3v) is 7.64. The summed E-state index contributed by atoms with van der Waals surface area (Å²) < 4.78 is 88.3. The van der Waals surface area contributed by atoms with Gasteiger partial charge in [-0.3, -0.25) is 0 Å². The smallest absolute Gasteiger partial charge is 0.392 e. The number of nitrogens with two attached hydrogens (primary N) is 1. The summed E-state index contributed by atoms with van der Waals surface area (Å²) in [6, 6.07) is 7.24. The topological polar surface area (TPSA) is 88.1 Å². The SMILES string of the molecule is COc1ccc(Sc2nc(N)nc3c2ncn3CC(C)OCP(CC(F)(F)F)CC(F)(F)F)cc1. The van der Waals surface area contributed by atoms with E-state index < -0.39 is 45.0 Å². The molecule has 0 aliphatic carbocycles. The van der Waals surface area contributed by atoms with Crippen LogP contribution in [0, 0.1) is 0 Å². The molecule has 0 saturated heterocycles. The molecule has 1 aromatic carbocycles. The first-order valence-electron chi connectivity index (χ1n) is 10.1. The Morgan fingerprint density at radius 3 is 2.26 bits per heavy atom. The van der Waals surface area contributed by atoms with E-state index >= 15 is 0 Å². The molecular formula is C20H22F6N5O2PS. The largest absolute Gasteiger partial charge is 0.497 e. The van der Waals surface area contributed by atoms with Crippen molar-refractivity contribution in [3.05, 3.63) is 30.6 Å². The van der Waals surface area contributed by atoms with Crippen molar-refractivity contribution in [3.8, 4) is 5.75 Å². The van der Waals surface area contributed by atoms with E-state index in [0.29, 0.717) is 21.9 Å². The third-order valence-electron chi connectivity index (χ3n) is 4.52. The van der Waals surface area contributed by atoms with Crippen molar-refractivity contribution in [3.63, 3.8) is 0 Å². The van der Waals surface area contributed by atoms with E-state index in [-0.39, 0.29) is 12.5 Å². The van der Waals surface area contributed by atoms with Crippen LogP contribution in [-0.2, 0) is 11.3 Å². The van der Waals surface area contributed by atoms with Crippen molar-refractivity contribution in [1.29, 1.82) is 0 Å². The molecule has 2 aromatic heterocycles. The van der Waals surface area contributed by atoms with Gasteiger partial charge in [-0.1, -0.05) is 19.7 Å². The molecule has 1 atom stereocenters. The lowest BCUT2D eigenvalue weighted by Crippen LogP contribution is -2.24. The highest BCUT2D eigenvalue weighted by atomic mass is 32.2. The average molecular weight is 541 g/mol. The molecule has 2 N–H and O–H groups in total. The van der Waals surface area contributed by atoms with Crippen molar-refractivity contribution in [2.45, 2.75) is 41.8 Å². The molecule has 3 rings (SSSR count). The number of hydrogen-bond donors (Lipinski definition) is 1. The predicted octanol–water partition coefficient (Wildman–Crippen LogP) is 5.54. The fraction of sp³-hybridized carbons (Fsp3) is 0.450. The fourth-order valence-electron chi connectivity index (χ4n) is 3.11. The summed E-state index contributed by atoms with van der Waals surface area (Å²) >= 11 is 1.30. The van der Waals surface area contributed by atoms with Gasteiger partial charge in [0.15, 0.2) is 5.65 Å². The number of benzene rings is 1. The van der Waals surface area contributed by atoms with Gasteiger partial charge in [-0.2, -0.15) is 31.3 Å². The first-order chi connectivity index (χ1) is 16.3. The van der Waals surface area contributed by atoms with E-state index in [1.807, 2.05) is 12.1 Å². The van der Waals surface area contributed by atoms with Gasteiger partial charge in [-0.25, -0.2) is 9.97 Å². The molecule has 0 fully saturated rings. The van der Waals surface area contributed by atoms with Crippen LogP contribution in [0.3, 0.4) is 0 Å². The van der Waals surface area contributed by atoms with Crippen molar-refractivity contribution in [1.82, 2.24) is 19.5 Å². The van der Waals surface area contributed by atoms with Crippen LogP contribution < -0.4 is 10.5 Å². The number of fused-ring (bicyclic) bond motifs is 1. The summed E-state index contributed by atoms with van der Waals surface area (Å²) in [7, 11) is -0.907. The first-order valence-corrected chi connectivity index (χ1v) is 12.8. The highest BCUT2D eigenvalue weighted by Crippen LogP contribution is 2.46. The molecule has 0 aliphatic heterocycles. The number of alkyl halides is 6. The zero-order valence-corrected chi connectivity index (χ0v) is 20.3. The minimum Gasteiger partial charge on any atom is -0.497 e. The van der Waals surface area contributed by atoms with E-state index in [4.69, 9.17) is 15.2 Å². The lowest BCUT2D eigenvalue weighted by molar-refractivity contribution is -0.112. The van der Waals surface area contributed by atoms with Gasteiger partial charge < -0.3 is 19.8 Å². The van der Waals surface area contributed by atoms with Crippen molar-refractivity contribution >= 4 is 36.8 Å². The Kier molecular flexibility index (Phi) is 8.71. The van der Waals surface area contributed by atoms with Gasteiger partial charge in [-0.15, -0.1) is 0 Å². The zero-order chi connectivity index (χ0) is 25.8. The highest BCUT2D eigenvalue weighted by molar-refractivity contribution is 7.99. The number of nitrogens with zero attached hydrogens (tertiary/aromatic N) is 4. The molecule has 15 heteroatoms. The van der Waals surface area contributed by atoms with Crippen molar-refractivity contribution < 1.29 is 35.8 Å². The zero-order valence-electron chi connectivity index (χ0n) is 18.6. The monoisotopic (exact) mass is 541 g/mol. The Morgan fingerprint density at radius 2 is 1.69 bits per heavy atom. The standard InChI is InChI=1S/C20H22F6N5O2PS/c1-12(33-11-34(8-19(21,22)23)9-20(24,25)26)7-31-10-28-15-16(31)29-18(27)30-17(15)35-14-5-3-13(32-2)4-6-14/h3-6,10,12H,7-9,11H2,1-2H3,(H2,27,29,30). The van der Waals surface area contributed by atoms with Gasteiger partial charge in [0.1, 0.15) is 16.3 Å². The summed E-state index contributed by atoms with van der Waals surface area (Å²) in [6.07, 6.45) is -12.3. The third kappa shape index (κ3) is 8.39. The van der Waals surface area contributed by atoms with Gasteiger partial charge in [-0.05, 0) is 31.2 Å². The number of anilines is 1. The quantitative estimate of drug-likeness (QED) is 0.205. The molecule has 0 aliphatic rings. The Labute approximate surface area is 202 Å². The average Bonchev–Trinajstić information content (AvgIpc) is 3.13. The van der Waals surface area contributed by atoms with Crippen LogP contribution in [0.4, 0.5) is 32.3 Å². The van der Waals surface area contributed by atoms with Crippen LogP contribution in [-0.4, -0.2) is 63.8 Å². The number of nitrogen functional groups attached to an aromatic ring is 1. The summed E-state index contributed by atoms with van der Waals surface area (Å²) in [6.45, 7) is 1.65. The summed E-state index contributed by atoms with van der Waals surface area (Å²) in [5.41, 5.74) is 6.68. The van der Waals surface area contributed by atoms with Gasteiger partial charge >= 0.3 is 12.4 Å². The number of rotatable bonds is 10. The fourth-order valence-corrected chi connectivity index (χ4v) is 5.76. The number of hydrogen-bond acceptors (Lipinski definition) is 7. The number of ether oxygens (including phenoxy) is 2. The van der Waals surface area contributed by atoms with Crippen LogP contribution >= 0.6 is 19.7 Å². The molecule has 0 radical (unpaired) electrons. The van der Waals surface area contributed by atoms with Gasteiger partial charge in [0, 0.05) is 4.90 Å². The maximum Gasteiger partial charge on any atom is 0.392 e. The van der Waals surface area contributed by atoms with E-state index in [2.05, 4.69) is 15.0 Å². The second-order valence-electron chi connectivity index (χ2n) is 7.56. The first kappa shape index (κ1) is 27.3. The summed E-state index contributed by atoms with van der Waals surface area (Å²) in [4.78, 5) is 13.6. The maximum absolute atomic E-state index is 12.7. The molecule has 0 bridgehead atoms. The van der Waals surface area contributed by atoms with Gasteiger partial charge in [0.25, 0.3) is 0 Å². The van der Waals surface area contributed by atoms with Gasteiger partial charge in [0.2, 0.25) is 5.95 Å². The molecule has 0 saturated carbocycles. The molecular weight excluding hydrogens is 519 g/mol. The second kappa shape index (κ2) is 11.2. The van der Waals surface area contributed by atoms with Crippen molar-refractivity contribution in [2.24, 2.45) is 0 Å². The van der Waals surface area contributed by atoms with E-state index in [1.165, 1.54) is 18.1 Å². The molecule has 1 unspecified atom stereocenters. The molecule has 2 heterocycles. The number of aromatic nitrogens is 4.